The smallest absolute Gasteiger partial charge is 0.0914 e. The van der Waals surface area contributed by atoms with Crippen molar-refractivity contribution in [2.24, 2.45) is 0 Å². The van der Waals surface area contributed by atoms with Crippen LogP contribution >= 0.6 is 0 Å². The van der Waals surface area contributed by atoms with E-state index in [1.165, 1.54) is 10.8 Å². The number of benzene rings is 2. The molecule has 3 nitrogen and oxygen atoms in total. The first-order valence-electron chi connectivity index (χ1n) is 6.31. The Balaban J connectivity index is 1.71. The molecule has 0 bridgehead atoms. The number of fused-ring (bicyclic) bond motifs is 1. The molecular formula is C15H17NO2. The topological polar surface area (TPSA) is 41.5 Å². The van der Waals surface area contributed by atoms with Gasteiger partial charge in [-0.05, 0) is 22.4 Å². The van der Waals surface area contributed by atoms with E-state index < -0.39 is 6.10 Å². The molecule has 0 aromatic heterocycles. The van der Waals surface area contributed by atoms with Crippen LogP contribution in [0.4, 0.5) is 0 Å². The second-order valence-corrected chi connectivity index (χ2v) is 4.77. The number of aliphatic hydroxyl groups is 1. The van der Waals surface area contributed by atoms with Gasteiger partial charge in [-0.1, -0.05) is 36.4 Å². The van der Waals surface area contributed by atoms with Crippen molar-refractivity contribution in [1.29, 1.82) is 0 Å². The third kappa shape index (κ3) is 2.38. The Morgan fingerprint density at radius 1 is 1.17 bits per heavy atom. The van der Waals surface area contributed by atoms with Gasteiger partial charge in [0.1, 0.15) is 0 Å². The summed E-state index contributed by atoms with van der Waals surface area (Å²) in [6, 6.07) is 14.7. The summed E-state index contributed by atoms with van der Waals surface area (Å²) in [6.07, 6.45) is -0.463. The van der Waals surface area contributed by atoms with Gasteiger partial charge in [0.15, 0.2) is 0 Å². The normalized spacial score (nSPS) is 17.6. The monoisotopic (exact) mass is 243 g/mol. The predicted molar refractivity (Wildman–Crippen MR) is 71.5 cm³/mol. The van der Waals surface area contributed by atoms with E-state index in [0.717, 1.165) is 18.8 Å². The van der Waals surface area contributed by atoms with Gasteiger partial charge < -0.3 is 15.2 Å². The van der Waals surface area contributed by atoms with E-state index >= 15 is 0 Å². The van der Waals surface area contributed by atoms with Crippen LogP contribution < -0.4 is 5.32 Å². The molecule has 1 saturated heterocycles. The molecule has 1 atom stereocenters. The molecule has 1 unspecified atom stereocenters. The molecule has 18 heavy (non-hydrogen) atoms. The lowest BCUT2D eigenvalue weighted by Gasteiger charge is -2.28. The van der Waals surface area contributed by atoms with Crippen LogP contribution in [0.15, 0.2) is 42.5 Å². The number of hydrogen-bond donors (Lipinski definition) is 2. The molecule has 1 aliphatic heterocycles. The largest absolute Gasteiger partial charge is 0.387 e. The maximum absolute atomic E-state index is 10.1. The number of hydrogen-bond acceptors (Lipinski definition) is 3. The minimum Gasteiger partial charge on any atom is -0.387 e. The minimum atomic E-state index is -0.463. The predicted octanol–water partition coefficient (Wildman–Crippen LogP) is 1.86. The Bertz CT molecular complexity index is 537. The van der Waals surface area contributed by atoms with E-state index in [4.69, 9.17) is 4.74 Å². The summed E-state index contributed by atoms with van der Waals surface area (Å²) in [6.45, 7) is 2.08. The molecule has 0 saturated carbocycles. The van der Waals surface area contributed by atoms with Crippen molar-refractivity contribution in [3.05, 3.63) is 48.0 Å². The maximum Gasteiger partial charge on any atom is 0.0914 e. The molecule has 2 aromatic rings. The van der Waals surface area contributed by atoms with Gasteiger partial charge >= 0.3 is 0 Å². The van der Waals surface area contributed by atoms with E-state index in [1.807, 2.05) is 18.2 Å². The number of ether oxygens (including phenoxy) is 1. The molecule has 1 heterocycles. The quantitative estimate of drug-likeness (QED) is 0.861. The zero-order chi connectivity index (χ0) is 12.4. The number of rotatable bonds is 4. The van der Waals surface area contributed by atoms with Crippen molar-refractivity contribution in [1.82, 2.24) is 5.32 Å². The van der Waals surface area contributed by atoms with Crippen LogP contribution in [0.2, 0.25) is 0 Å². The van der Waals surface area contributed by atoms with Gasteiger partial charge in [-0.2, -0.15) is 0 Å². The van der Waals surface area contributed by atoms with Crippen LogP contribution in [-0.4, -0.2) is 30.9 Å². The summed E-state index contributed by atoms with van der Waals surface area (Å²) in [4.78, 5) is 0. The van der Waals surface area contributed by atoms with Crippen LogP contribution in [0.1, 0.15) is 11.7 Å². The van der Waals surface area contributed by atoms with E-state index in [-0.39, 0.29) is 0 Å². The van der Waals surface area contributed by atoms with Crippen LogP contribution in [0.25, 0.3) is 10.8 Å². The molecular weight excluding hydrogens is 226 g/mol. The molecule has 2 aromatic carbocycles. The van der Waals surface area contributed by atoms with Crippen molar-refractivity contribution in [2.45, 2.75) is 12.1 Å². The fourth-order valence-corrected chi connectivity index (χ4v) is 2.16. The van der Waals surface area contributed by atoms with E-state index in [9.17, 15) is 5.11 Å². The van der Waals surface area contributed by atoms with E-state index in [0.29, 0.717) is 12.6 Å². The summed E-state index contributed by atoms with van der Waals surface area (Å²) in [5.41, 5.74) is 0.960. The molecule has 3 heteroatoms. The molecule has 0 radical (unpaired) electrons. The third-order valence-electron chi connectivity index (χ3n) is 3.40. The van der Waals surface area contributed by atoms with Gasteiger partial charge in [-0.25, -0.2) is 0 Å². The average Bonchev–Trinajstić information content (AvgIpc) is 2.36. The molecule has 1 fully saturated rings. The maximum atomic E-state index is 10.1. The summed E-state index contributed by atoms with van der Waals surface area (Å²) in [7, 11) is 0. The Hall–Kier alpha value is -1.42. The van der Waals surface area contributed by atoms with E-state index in [2.05, 4.69) is 29.6 Å². The van der Waals surface area contributed by atoms with Gasteiger partial charge in [-0.3, -0.25) is 0 Å². The first kappa shape index (κ1) is 11.7. The van der Waals surface area contributed by atoms with Gasteiger partial charge in [0.25, 0.3) is 0 Å². The summed E-state index contributed by atoms with van der Waals surface area (Å²) >= 11 is 0. The lowest BCUT2D eigenvalue weighted by molar-refractivity contribution is -0.00980. The Labute approximate surface area is 106 Å². The summed E-state index contributed by atoms with van der Waals surface area (Å²) < 4.78 is 5.09. The highest BCUT2D eigenvalue weighted by Crippen LogP contribution is 2.20. The van der Waals surface area contributed by atoms with Crippen LogP contribution in [0.5, 0.6) is 0 Å². The molecule has 94 valence electrons. The minimum absolute atomic E-state index is 0.403. The second kappa shape index (κ2) is 5.06. The Morgan fingerprint density at radius 2 is 1.94 bits per heavy atom. The van der Waals surface area contributed by atoms with Crippen LogP contribution in [-0.2, 0) is 4.74 Å². The molecule has 3 rings (SSSR count). The third-order valence-corrected chi connectivity index (χ3v) is 3.40. The first-order chi connectivity index (χ1) is 8.83. The molecule has 1 aliphatic rings. The SMILES string of the molecule is OC(CNC1COC1)c1ccc2ccccc2c1. The van der Waals surface area contributed by atoms with Gasteiger partial charge in [0.05, 0.1) is 25.4 Å². The van der Waals surface area contributed by atoms with Crippen molar-refractivity contribution in [3.63, 3.8) is 0 Å². The number of nitrogens with one attached hydrogen (secondary N) is 1. The second-order valence-electron chi connectivity index (χ2n) is 4.77. The van der Waals surface area contributed by atoms with Crippen molar-refractivity contribution < 1.29 is 9.84 Å². The molecule has 0 amide bonds. The fraction of sp³-hybridized carbons (Fsp3) is 0.333. The van der Waals surface area contributed by atoms with Gasteiger partial charge in [-0.15, -0.1) is 0 Å². The highest BCUT2D eigenvalue weighted by atomic mass is 16.5. The zero-order valence-electron chi connectivity index (χ0n) is 10.2. The fourth-order valence-electron chi connectivity index (χ4n) is 2.16. The zero-order valence-corrected chi connectivity index (χ0v) is 10.2. The highest BCUT2D eigenvalue weighted by molar-refractivity contribution is 5.83. The molecule has 0 aliphatic carbocycles. The number of aliphatic hydroxyl groups excluding tert-OH is 1. The molecule has 2 N–H and O–H groups in total. The Kier molecular flexibility index (Phi) is 3.28. The van der Waals surface area contributed by atoms with Gasteiger partial charge in [0, 0.05) is 6.54 Å². The van der Waals surface area contributed by atoms with Crippen molar-refractivity contribution >= 4 is 10.8 Å². The van der Waals surface area contributed by atoms with Crippen molar-refractivity contribution in [3.8, 4) is 0 Å². The average molecular weight is 243 g/mol. The first-order valence-corrected chi connectivity index (χ1v) is 6.31. The lowest BCUT2D eigenvalue weighted by atomic mass is 10.0. The summed E-state index contributed by atoms with van der Waals surface area (Å²) in [5.74, 6) is 0. The standard InChI is InChI=1S/C15H17NO2/c17-15(8-16-14-9-18-10-14)13-6-5-11-3-1-2-4-12(11)7-13/h1-7,14-17H,8-10H2. The van der Waals surface area contributed by atoms with Crippen molar-refractivity contribution in [2.75, 3.05) is 19.8 Å². The Morgan fingerprint density at radius 3 is 2.67 bits per heavy atom. The van der Waals surface area contributed by atoms with Crippen LogP contribution in [0, 0.1) is 0 Å². The van der Waals surface area contributed by atoms with E-state index in [1.54, 1.807) is 0 Å². The summed E-state index contributed by atoms with van der Waals surface area (Å²) in [5, 5.41) is 15.8. The van der Waals surface area contributed by atoms with Crippen LogP contribution in [0.3, 0.4) is 0 Å². The van der Waals surface area contributed by atoms with Gasteiger partial charge in [0.2, 0.25) is 0 Å². The lowest BCUT2D eigenvalue weighted by Crippen LogP contribution is -2.47. The molecule has 0 spiro atoms. The highest BCUT2D eigenvalue weighted by Gasteiger charge is 2.19.